The Kier molecular flexibility index (Phi) is 7.20. The number of methoxy groups -OCH3 is 1. The van der Waals surface area contributed by atoms with E-state index in [4.69, 9.17) is 10.5 Å². The lowest BCUT2D eigenvalue weighted by atomic mass is 10.1. The summed E-state index contributed by atoms with van der Waals surface area (Å²) in [6.45, 7) is 8.29. The van der Waals surface area contributed by atoms with Crippen LogP contribution in [0.1, 0.15) is 24.2 Å². The van der Waals surface area contributed by atoms with Crippen molar-refractivity contribution in [2.45, 2.75) is 19.9 Å². The fraction of sp³-hybridized carbons (Fsp3) is 0.296. The number of H-pyrrole nitrogens is 2. The number of carbonyl (C=O) groups excluding carboxylic acids is 1. The van der Waals surface area contributed by atoms with E-state index < -0.39 is 17.5 Å². The Labute approximate surface area is 224 Å². The van der Waals surface area contributed by atoms with Gasteiger partial charge in [-0.3, -0.25) is 20.0 Å². The van der Waals surface area contributed by atoms with E-state index in [2.05, 4.69) is 49.2 Å². The normalized spacial score (nSPS) is 14.2. The van der Waals surface area contributed by atoms with E-state index in [9.17, 15) is 13.6 Å². The van der Waals surface area contributed by atoms with Crippen molar-refractivity contribution in [2.75, 3.05) is 48.8 Å². The molecule has 1 amide bonds. The van der Waals surface area contributed by atoms with Gasteiger partial charge in [0.05, 0.1) is 23.7 Å². The maximum absolute atomic E-state index is 14.0. The van der Waals surface area contributed by atoms with Crippen LogP contribution in [0.25, 0.3) is 11.0 Å². The number of anilines is 5. The predicted molar refractivity (Wildman–Crippen MR) is 146 cm³/mol. The highest BCUT2D eigenvalue weighted by atomic mass is 19.2. The number of hydrogen-bond acceptors (Lipinski definition) is 7. The van der Waals surface area contributed by atoms with Crippen LogP contribution >= 0.6 is 0 Å². The summed E-state index contributed by atoms with van der Waals surface area (Å²) in [5, 5.41) is 6.79. The zero-order valence-electron chi connectivity index (χ0n) is 21.9. The number of amides is 1. The van der Waals surface area contributed by atoms with Crippen LogP contribution in [0.15, 0.2) is 42.6 Å². The fourth-order valence-electron chi connectivity index (χ4n) is 4.73. The van der Waals surface area contributed by atoms with Crippen molar-refractivity contribution in [1.82, 2.24) is 14.9 Å². The topological polar surface area (TPSA) is 126 Å². The Balaban J connectivity index is 1.43. The number of halogens is 2. The molecule has 4 aromatic rings. The van der Waals surface area contributed by atoms with Crippen molar-refractivity contribution >= 4 is 45.8 Å². The Morgan fingerprint density at radius 3 is 2.51 bits per heavy atom. The Hall–Kier alpha value is -4.45. The van der Waals surface area contributed by atoms with Gasteiger partial charge in [0, 0.05) is 56.2 Å². The van der Waals surface area contributed by atoms with Crippen LogP contribution in [-0.2, 0) is 0 Å². The molecule has 0 spiro atoms. The molecule has 2 aromatic carbocycles. The molecule has 6 N–H and O–H groups in total. The number of aromatic amines is 2. The van der Waals surface area contributed by atoms with Gasteiger partial charge < -0.3 is 20.7 Å². The summed E-state index contributed by atoms with van der Waals surface area (Å²) in [5.74, 6) is -1.93. The third kappa shape index (κ3) is 5.41. The highest BCUT2D eigenvalue weighted by Crippen LogP contribution is 2.33. The third-order valence-corrected chi connectivity index (χ3v) is 6.90. The molecule has 1 saturated heterocycles. The first-order valence-corrected chi connectivity index (χ1v) is 12.6. The van der Waals surface area contributed by atoms with E-state index in [0.29, 0.717) is 40.3 Å². The quantitative estimate of drug-likeness (QED) is 0.270. The van der Waals surface area contributed by atoms with Crippen molar-refractivity contribution in [1.29, 1.82) is 0 Å². The molecular formula is C27H31F2N8O2+. The summed E-state index contributed by atoms with van der Waals surface area (Å²) in [7, 11) is 1.60. The van der Waals surface area contributed by atoms with Crippen molar-refractivity contribution in [3.05, 3.63) is 59.8 Å². The largest absolute Gasteiger partial charge is 0.493 e. The number of piperazine rings is 1. The van der Waals surface area contributed by atoms with Gasteiger partial charge in [-0.05, 0) is 38.1 Å². The van der Waals surface area contributed by atoms with E-state index in [-0.39, 0.29) is 11.3 Å². The summed E-state index contributed by atoms with van der Waals surface area (Å²) in [6, 6.07) is 9.86. The molecule has 0 atom stereocenters. The van der Waals surface area contributed by atoms with E-state index in [1.807, 2.05) is 18.2 Å². The van der Waals surface area contributed by atoms with Crippen molar-refractivity contribution in [2.24, 2.45) is 5.73 Å². The second kappa shape index (κ2) is 10.7. The zero-order valence-corrected chi connectivity index (χ0v) is 21.9. The van der Waals surface area contributed by atoms with Crippen molar-refractivity contribution in [3.8, 4) is 5.75 Å². The summed E-state index contributed by atoms with van der Waals surface area (Å²) in [5.41, 5.74) is 7.54. The minimum absolute atomic E-state index is 0.00644. The predicted octanol–water partition coefficient (Wildman–Crippen LogP) is 3.78. The molecule has 0 saturated carbocycles. The fourth-order valence-corrected chi connectivity index (χ4v) is 4.73. The van der Waals surface area contributed by atoms with E-state index in [1.165, 1.54) is 0 Å². The van der Waals surface area contributed by atoms with Crippen LogP contribution in [0.2, 0.25) is 0 Å². The van der Waals surface area contributed by atoms with Gasteiger partial charge >= 0.3 is 5.95 Å². The molecule has 39 heavy (non-hydrogen) atoms. The molecule has 0 aliphatic carbocycles. The first-order valence-electron chi connectivity index (χ1n) is 12.6. The first-order chi connectivity index (χ1) is 18.7. The van der Waals surface area contributed by atoms with Crippen molar-refractivity contribution in [3.63, 3.8) is 0 Å². The molecule has 204 valence electrons. The lowest BCUT2D eigenvalue weighted by Crippen LogP contribution is -2.48. The molecule has 0 bridgehead atoms. The molecule has 5 rings (SSSR count). The lowest BCUT2D eigenvalue weighted by molar-refractivity contribution is -0.333. The van der Waals surface area contributed by atoms with Crippen LogP contribution in [0.5, 0.6) is 5.75 Å². The van der Waals surface area contributed by atoms with Gasteiger partial charge in [-0.25, -0.2) is 13.8 Å². The van der Waals surface area contributed by atoms with Gasteiger partial charge in [0.25, 0.3) is 5.91 Å². The van der Waals surface area contributed by atoms with Crippen LogP contribution in [-0.4, -0.2) is 60.1 Å². The number of carbonyl (C=O) groups is 1. The lowest BCUT2D eigenvalue weighted by Gasteiger charge is -2.38. The molecule has 0 unspecified atom stereocenters. The van der Waals surface area contributed by atoms with Crippen molar-refractivity contribution < 1.29 is 23.3 Å². The van der Waals surface area contributed by atoms with E-state index in [1.54, 1.807) is 19.4 Å². The minimum atomic E-state index is -1.17. The molecule has 1 fully saturated rings. The Bertz CT molecular complexity index is 1520. The van der Waals surface area contributed by atoms with Crippen LogP contribution in [0, 0.1) is 11.6 Å². The molecule has 2 aromatic heterocycles. The van der Waals surface area contributed by atoms with Crippen LogP contribution < -0.4 is 31.0 Å². The number of ether oxygens (including phenoxy) is 1. The van der Waals surface area contributed by atoms with E-state index >= 15 is 0 Å². The molecule has 12 heteroatoms. The maximum atomic E-state index is 14.0. The number of nitrogens with two attached hydrogens (primary N) is 1. The number of primary amides is 1. The number of hydrogen-bond donors (Lipinski definition) is 4. The van der Waals surface area contributed by atoms with Gasteiger partial charge in [0.1, 0.15) is 5.69 Å². The highest BCUT2D eigenvalue weighted by molar-refractivity contribution is 6.00. The van der Waals surface area contributed by atoms with Gasteiger partial charge in [0.2, 0.25) is 11.5 Å². The second-order valence-corrected chi connectivity index (χ2v) is 9.63. The Morgan fingerprint density at radius 1 is 1.08 bits per heavy atom. The van der Waals surface area contributed by atoms with Gasteiger partial charge in [-0.2, -0.15) is 0 Å². The zero-order chi connectivity index (χ0) is 27.7. The molecule has 10 nitrogen and oxygen atoms in total. The van der Waals surface area contributed by atoms with Gasteiger partial charge in [-0.1, -0.05) is 4.98 Å². The van der Waals surface area contributed by atoms with Gasteiger partial charge in [0.15, 0.2) is 17.4 Å². The number of nitrogens with zero attached hydrogens (tertiary/aromatic N) is 3. The second-order valence-electron chi connectivity index (χ2n) is 9.63. The average Bonchev–Trinajstić information content (AvgIpc) is 3.40. The molecule has 1 aliphatic heterocycles. The summed E-state index contributed by atoms with van der Waals surface area (Å²) in [4.78, 5) is 27.5. The molecular weight excluding hydrogens is 506 g/mol. The Morgan fingerprint density at radius 2 is 1.82 bits per heavy atom. The molecule has 1 aliphatic rings. The monoisotopic (exact) mass is 537 g/mol. The number of benzene rings is 2. The maximum Gasteiger partial charge on any atom is 0.351 e. The van der Waals surface area contributed by atoms with Crippen LogP contribution in [0.3, 0.4) is 0 Å². The summed E-state index contributed by atoms with van der Waals surface area (Å²) < 4.78 is 33.5. The smallest absolute Gasteiger partial charge is 0.351 e. The van der Waals surface area contributed by atoms with Crippen LogP contribution in [0.4, 0.5) is 37.6 Å². The molecule has 3 heterocycles. The average molecular weight is 538 g/mol. The first kappa shape index (κ1) is 26.2. The SMILES string of the molecule is COc1cc(N2CCN(C(C)C)CC2)ccc1Nc1nc(Nc2cc(F)c(F)cc2C(N)=O)c2cc[nH]c2[nH+]1. The van der Waals surface area contributed by atoms with E-state index in [0.717, 1.165) is 44.0 Å². The standard InChI is InChI=1S/C27H30F2N8O2/c1-15(2)36-8-10-37(11-9-36)16-4-5-21(23(12-16)39-3)33-27-34-25-17(6-7-31-25)26(35-27)32-22-14-20(29)19(28)13-18(22)24(30)38/h4-7,12-15H,8-11H2,1-3H3,(H2,30,38)(H3,31,32,33,34,35)/p+1. The number of nitrogens with one attached hydrogen (secondary N) is 4. The summed E-state index contributed by atoms with van der Waals surface area (Å²) in [6.07, 6.45) is 1.70. The van der Waals surface area contributed by atoms with Gasteiger partial charge in [-0.15, -0.1) is 0 Å². The summed E-state index contributed by atoms with van der Waals surface area (Å²) >= 11 is 0. The number of fused-ring (bicyclic) bond motifs is 1. The number of rotatable bonds is 8. The number of aromatic nitrogens is 3. The molecule has 0 radical (unpaired) electrons. The highest BCUT2D eigenvalue weighted by Gasteiger charge is 2.22. The minimum Gasteiger partial charge on any atom is -0.493 e. The third-order valence-electron chi connectivity index (χ3n) is 6.90.